The van der Waals surface area contributed by atoms with Crippen molar-refractivity contribution in [2.45, 2.75) is 11.8 Å². The first kappa shape index (κ1) is 23.8. The van der Waals surface area contributed by atoms with Crippen LogP contribution in [-0.2, 0) is 9.59 Å². The van der Waals surface area contributed by atoms with E-state index in [1.54, 1.807) is 6.07 Å². The number of benzene rings is 4. The van der Waals surface area contributed by atoms with Crippen LogP contribution in [0.15, 0.2) is 103 Å². The maximum absolute atomic E-state index is 13.7. The van der Waals surface area contributed by atoms with Crippen LogP contribution in [0.3, 0.4) is 0 Å². The van der Waals surface area contributed by atoms with Crippen molar-refractivity contribution in [3.8, 4) is 28.4 Å². The van der Waals surface area contributed by atoms with E-state index >= 15 is 0 Å². The summed E-state index contributed by atoms with van der Waals surface area (Å²) in [5, 5.41) is 10.2. The van der Waals surface area contributed by atoms with Crippen LogP contribution in [0.5, 0.6) is 17.2 Å². The van der Waals surface area contributed by atoms with Gasteiger partial charge in [-0.15, -0.1) is 0 Å². The Morgan fingerprint density at radius 1 is 0.658 bits per heavy atom. The lowest BCUT2D eigenvalue weighted by Gasteiger charge is -2.48. The highest BCUT2D eigenvalue weighted by Crippen LogP contribution is 2.58. The highest BCUT2D eigenvalue weighted by atomic mass is 16.6. The summed E-state index contributed by atoms with van der Waals surface area (Å²) in [6.45, 7) is 1.02. The van der Waals surface area contributed by atoms with Gasteiger partial charge in [0.15, 0.2) is 11.5 Å². The Kier molecular flexibility index (Phi) is 6.30. The van der Waals surface area contributed by atoms with Gasteiger partial charge in [-0.05, 0) is 46.5 Å². The summed E-state index contributed by atoms with van der Waals surface area (Å²) in [6.07, 6.45) is 0. The summed E-state index contributed by atoms with van der Waals surface area (Å²) in [6, 6.07) is 31.8. The maximum atomic E-state index is 13.7. The van der Waals surface area contributed by atoms with Gasteiger partial charge in [0.05, 0.1) is 11.8 Å². The third kappa shape index (κ3) is 4.39. The standard InChI is InChI=1S/C32H26O6/c33-31(34)29-27(20-8-3-1-4-9-20)30(28(29)21-10-5-2-6-11-21)32(35)38-24-13-7-12-22(18-24)23-14-15-25-26(19-23)37-17-16-36-25/h1-15,18-19,27-30H,16-17H2,(H,33,34)/t27-,28?,29-,30?/m1/s1. The Balaban J connectivity index is 1.31. The van der Waals surface area contributed by atoms with Crippen LogP contribution in [-0.4, -0.2) is 30.3 Å². The first-order chi connectivity index (χ1) is 18.6. The van der Waals surface area contributed by atoms with Crippen LogP contribution in [0, 0.1) is 11.8 Å². The summed E-state index contributed by atoms with van der Waals surface area (Å²) in [5.74, 6) is -1.93. The summed E-state index contributed by atoms with van der Waals surface area (Å²) in [5.41, 5.74) is 3.41. The minimum atomic E-state index is -0.919. The number of aliphatic carboxylic acids is 1. The third-order valence-corrected chi connectivity index (χ3v) is 7.40. The maximum Gasteiger partial charge on any atom is 0.315 e. The number of hydrogen-bond acceptors (Lipinski definition) is 5. The molecular weight excluding hydrogens is 480 g/mol. The van der Waals surface area contributed by atoms with Crippen LogP contribution in [0.1, 0.15) is 23.0 Å². The molecule has 1 saturated carbocycles. The van der Waals surface area contributed by atoms with Crippen molar-refractivity contribution in [3.05, 3.63) is 114 Å². The van der Waals surface area contributed by atoms with Gasteiger partial charge in [0.25, 0.3) is 0 Å². The summed E-state index contributed by atoms with van der Waals surface area (Å²) < 4.78 is 17.3. The molecule has 0 saturated heterocycles. The predicted molar refractivity (Wildman–Crippen MR) is 141 cm³/mol. The van der Waals surface area contributed by atoms with Crippen molar-refractivity contribution in [2.24, 2.45) is 11.8 Å². The summed E-state index contributed by atoms with van der Waals surface area (Å²) >= 11 is 0. The van der Waals surface area contributed by atoms with Crippen molar-refractivity contribution in [2.75, 3.05) is 13.2 Å². The van der Waals surface area contributed by atoms with E-state index < -0.39 is 35.6 Å². The number of rotatable bonds is 6. The molecule has 2 unspecified atom stereocenters. The van der Waals surface area contributed by atoms with E-state index in [1.807, 2.05) is 97.1 Å². The number of esters is 1. The molecule has 6 heteroatoms. The fourth-order valence-corrected chi connectivity index (χ4v) is 5.67. The van der Waals surface area contributed by atoms with Gasteiger partial charge in [-0.3, -0.25) is 9.59 Å². The average molecular weight is 507 g/mol. The van der Waals surface area contributed by atoms with E-state index in [-0.39, 0.29) is 0 Å². The van der Waals surface area contributed by atoms with Crippen molar-refractivity contribution in [1.82, 2.24) is 0 Å². The summed E-state index contributed by atoms with van der Waals surface area (Å²) in [7, 11) is 0. The van der Waals surface area contributed by atoms with Gasteiger partial charge >= 0.3 is 11.9 Å². The fourth-order valence-electron chi connectivity index (χ4n) is 5.67. The lowest BCUT2D eigenvalue weighted by molar-refractivity contribution is -0.158. The van der Waals surface area contributed by atoms with E-state index in [0.29, 0.717) is 30.5 Å². The van der Waals surface area contributed by atoms with E-state index in [4.69, 9.17) is 14.2 Å². The average Bonchev–Trinajstić information content (AvgIpc) is 2.93. The largest absolute Gasteiger partial charge is 0.486 e. The molecule has 0 aromatic heterocycles. The number of carboxylic acids is 1. The molecule has 1 aliphatic heterocycles. The van der Waals surface area contributed by atoms with Gasteiger partial charge in [-0.25, -0.2) is 0 Å². The van der Waals surface area contributed by atoms with Crippen LogP contribution < -0.4 is 14.2 Å². The Hall–Kier alpha value is -4.58. The van der Waals surface area contributed by atoms with Gasteiger partial charge in [-0.1, -0.05) is 78.9 Å². The van der Waals surface area contributed by atoms with E-state index in [1.165, 1.54) is 0 Å². The minimum Gasteiger partial charge on any atom is -0.486 e. The Morgan fingerprint density at radius 2 is 1.26 bits per heavy atom. The smallest absolute Gasteiger partial charge is 0.315 e. The highest BCUT2D eigenvalue weighted by molar-refractivity contribution is 5.86. The molecule has 0 radical (unpaired) electrons. The second-order valence-corrected chi connectivity index (χ2v) is 9.57. The molecule has 2 aliphatic rings. The lowest BCUT2D eigenvalue weighted by Crippen LogP contribution is -2.52. The zero-order chi connectivity index (χ0) is 26.1. The SMILES string of the molecule is O=C(Oc1cccc(-c2ccc3c(c2)OCCO3)c1)C1C(c2ccccc2)[C@H](C(=O)O)[C@H]1c1ccccc1. The molecule has 190 valence electrons. The second kappa shape index (κ2) is 10.1. The van der Waals surface area contributed by atoms with E-state index in [9.17, 15) is 14.7 Å². The molecular formula is C32H26O6. The highest BCUT2D eigenvalue weighted by Gasteiger charge is 2.59. The van der Waals surface area contributed by atoms with Crippen molar-refractivity contribution >= 4 is 11.9 Å². The minimum absolute atomic E-state index is 0.403. The molecule has 38 heavy (non-hydrogen) atoms. The number of fused-ring (bicyclic) bond motifs is 1. The van der Waals surface area contributed by atoms with Crippen LogP contribution >= 0.6 is 0 Å². The number of carbonyl (C=O) groups is 2. The first-order valence-corrected chi connectivity index (χ1v) is 12.6. The zero-order valence-electron chi connectivity index (χ0n) is 20.5. The number of carbonyl (C=O) groups excluding carboxylic acids is 1. The van der Waals surface area contributed by atoms with Gasteiger partial charge in [-0.2, -0.15) is 0 Å². The van der Waals surface area contributed by atoms with Gasteiger partial charge in [0, 0.05) is 11.8 Å². The van der Waals surface area contributed by atoms with Gasteiger partial charge in [0.2, 0.25) is 0 Å². The lowest BCUT2D eigenvalue weighted by atomic mass is 9.52. The molecule has 4 aromatic carbocycles. The molecule has 4 aromatic rings. The van der Waals surface area contributed by atoms with Gasteiger partial charge < -0.3 is 19.3 Å². The molecule has 6 nitrogen and oxygen atoms in total. The molecule has 0 bridgehead atoms. The van der Waals surface area contributed by atoms with Crippen LogP contribution in [0.2, 0.25) is 0 Å². The molecule has 1 aliphatic carbocycles. The first-order valence-electron chi connectivity index (χ1n) is 12.6. The molecule has 0 amide bonds. The predicted octanol–water partition coefficient (Wildman–Crippen LogP) is 5.93. The Bertz CT molecular complexity index is 1420. The number of ether oxygens (including phenoxy) is 3. The molecule has 0 spiro atoms. The summed E-state index contributed by atoms with van der Waals surface area (Å²) in [4.78, 5) is 26.1. The fraction of sp³-hybridized carbons (Fsp3) is 0.188. The third-order valence-electron chi connectivity index (χ3n) is 7.40. The number of carboxylic acid groups (broad SMARTS) is 1. The van der Waals surface area contributed by atoms with Crippen molar-refractivity contribution in [1.29, 1.82) is 0 Å². The van der Waals surface area contributed by atoms with Crippen LogP contribution in [0.4, 0.5) is 0 Å². The topological polar surface area (TPSA) is 82.1 Å². The molecule has 1 N–H and O–H groups in total. The van der Waals surface area contributed by atoms with E-state index in [2.05, 4.69) is 0 Å². The quantitative estimate of drug-likeness (QED) is 0.258. The normalized spacial score (nSPS) is 21.7. The van der Waals surface area contributed by atoms with Crippen molar-refractivity contribution < 1.29 is 28.9 Å². The molecule has 4 atom stereocenters. The van der Waals surface area contributed by atoms with Crippen molar-refractivity contribution in [3.63, 3.8) is 0 Å². The zero-order valence-corrected chi connectivity index (χ0v) is 20.5. The Labute approximate surface area is 220 Å². The molecule has 6 rings (SSSR count). The number of hydrogen-bond donors (Lipinski definition) is 1. The van der Waals surface area contributed by atoms with E-state index in [0.717, 1.165) is 22.3 Å². The molecule has 1 heterocycles. The van der Waals surface area contributed by atoms with Gasteiger partial charge in [0.1, 0.15) is 19.0 Å². The monoisotopic (exact) mass is 506 g/mol. The molecule has 1 fully saturated rings. The van der Waals surface area contributed by atoms with Crippen LogP contribution in [0.25, 0.3) is 11.1 Å². The Morgan fingerprint density at radius 3 is 1.89 bits per heavy atom. The second-order valence-electron chi connectivity index (χ2n) is 9.57.